The van der Waals surface area contributed by atoms with Gasteiger partial charge in [0.05, 0.1) is 6.10 Å². The SMILES string of the molecule is CCCc1nnc(N2CC[C@H](O)[C@](CCC(C)C)(C(=O)O)C2)s1. The Morgan fingerprint density at radius 2 is 2.22 bits per heavy atom. The number of rotatable bonds is 7. The van der Waals surface area contributed by atoms with E-state index in [9.17, 15) is 15.0 Å². The summed E-state index contributed by atoms with van der Waals surface area (Å²) in [6, 6.07) is 0. The van der Waals surface area contributed by atoms with Crippen molar-refractivity contribution in [1.29, 1.82) is 0 Å². The van der Waals surface area contributed by atoms with Crippen LogP contribution in [-0.4, -0.2) is 45.6 Å². The number of aliphatic carboxylic acids is 1. The van der Waals surface area contributed by atoms with Crippen molar-refractivity contribution in [3.63, 3.8) is 0 Å². The summed E-state index contributed by atoms with van der Waals surface area (Å²) in [5, 5.41) is 30.4. The lowest BCUT2D eigenvalue weighted by Gasteiger charge is -2.43. The van der Waals surface area contributed by atoms with Crippen molar-refractivity contribution in [2.75, 3.05) is 18.0 Å². The molecule has 6 nitrogen and oxygen atoms in total. The molecule has 1 aliphatic heterocycles. The van der Waals surface area contributed by atoms with E-state index < -0.39 is 17.5 Å². The molecule has 0 aromatic carbocycles. The normalized spacial score (nSPS) is 25.1. The number of aliphatic hydroxyl groups excluding tert-OH is 1. The van der Waals surface area contributed by atoms with Gasteiger partial charge < -0.3 is 15.1 Å². The molecule has 0 saturated carbocycles. The Morgan fingerprint density at radius 1 is 1.48 bits per heavy atom. The van der Waals surface area contributed by atoms with Gasteiger partial charge in [-0.25, -0.2) is 0 Å². The van der Waals surface area contributed by atoms with Gasteiger partial charge in [0.2, 0.25) is 5.13 Å². The number of anilines is 1. The summed E-state index contributed by atoms with van der Waals surface area (Å²) >= 11 is 1.53. The van der Waals surface area contributed by atoms with Gasteiger partial charge >= 0.3 is 5.97 Å². The molecule has 1 aromatic heterocycles. The molecule has 7 heteroatoms. The number of aryl methyl sites for hydroxylation is 1. The number of aromatic nitrogens is 2. The van der Waals surface area contributed by atoms with Gasteiger partial charge in [0.1, 0.15) is 10.4 Å². The topological polar surface area (TPSA) is 86.5 Å². The summed E-state index contributed by atoms with van der Waals surface area (Å²) in [5.74, 6) is -0.500. The van der Waals surface area contributed by atoms with E-state index in [-0.39, 0.29) is 0 Å². The molecule has 1 saturated heterocycles. The lowest BCUT2D eigenvalue weighted by Crippen LogP contribution is -2.56. The molecule has 0 radical (unpaired) electrons. The molecule has 2 rings (SSSR count). The third-order valence-corrected chi connectivity index (χ3v) is 5.61. The zero-order chi connectivity index (χ0) is 17.0. The molecule has 1 fully saturated rings. The van der Waals surface area contributed by atoms with Gasteiger partial charge in [-0.3, -0.25) is 4.79 Å². The van der Waals surface area contributed by atoms with E-state index in [4.69, 9.17) is 0 Å². The molecule has 0 aliphatic carbocycles. The van der Waals surface area contributed by atoms with E-state index in [0.717, 1.165) is 29.4 Å². The van der Waals surface area contributed by atoms with Crippen molar-refractivity contribution in [2.45, 2.75) is 59.0 Å². The molecule has 0 bridgehead atoms. The number of nitrogens with zero attached hydrogens (tertiary/aromatic N) is 3. The number of piperidine rings is 1. The van der Waals surface area contributed by atoms with Crippen LogP contribution in [0.3, 0.4) is 0 Å². The molecule has 0 amide bonds. The first kappa shape index (κ1) is 18.1. The first-order chi connectivity index (χ1) is 10.9. The predicted octanol–water partition coefficient (Wildman–Crippen LogP) is 2.57. The number of carboxylic acid groups (broad SMARTS) is 1. The van der Waals surface area contributed by atoms with Crippen molar-refractivity contribution in [3.8, 4) is 0 Å². The van der Waals surface area contributed by atoms with Crippen molar-refractivity contribution < 1.29 is 15.0 Å². The number of hydrogen-bond donors (Lipinski definition) is 2. The Kier molecular flexibility index (Phi) is 5.97. The zero-order valence-corrected chi connectivity index (χ0v) is 15.0. The molecular formula is C16H27N3O3S. The van der Waals surface area contributed by atoms with E-state index in [1.807, 2.05) is 4.90 Å². The fourth-order valence-electron chi connectivity index (χ4n) is 3.04. The number of hydrogen-bond acceptors (Lipinski definition) is 6. The third kappa shape index (κ3) is 4.01. The average molecular weight is 341 g/mol. The van der Waals surface area contributed by atoms with Gasteiger partial charge in [-0.1, -0.05) is 32.1 Å². The van der Waals surface area contributed by atoms with E-state index >= 15 is 0 Å². The molecule has 0 spiro atoms. The van der Waals surface area contributed by atoms with Gasteiger partial charge in [-0.15, -0.1) is 10.2 Å². The molecular weight excluding hydrogens is 314 g/mol. The Balaban J connectivity index is 2.19. The van der Waals surface area contributed by atoms with Gasteiger partial charge in [0, 0.05) is 19.5 Å². The lowest BCUT2D eigenvalue weighted by molar-refractivity contribution is -0.158. The van der Waals surface area contributed by atoms with Crippen molar-refractivity contribution >= 4 is 22.4 Å². The van der Waals surface area contributed by atoms with Gasteiger partial charge in [0.25, 0.3) is 0 Å². The van der Waals surface area contributed by atoms with Gasteiger partial charge in [-0.2, -0.15) is 0 Å². The molecule has 0 unspecified atom stereocenters. The van der Waals surface area contributed by atoms with E-state index in [0.29, 0.717) is 31.8 Å². The second-order valence-corrected chi connectivity index (χ2v) is 7.89. The number of carbonyl (C=O) groups is 1. The largest absolute Gasteiger partial charge is 0.481 e. The average Bonchev–Trinajstić information content (AvgIpc) is 2.95. The minimum Gasteiger partial charge on any atom is -0.481 e. The summed E-state index contributed by atoms with van der Waals surface area (Å²) < 4.78 is 0. The highest BCUT2D eigenvalue weighted by Gasteiger charge is 2.49. The summed E-state index contributed by atoms with van der Waals surface area (Å²) in [4.78, 5) is 13.9. The highest BCUT2D eigenvalue weighted by atomic mass is 32.1. The van der Waals surface area contributed by atoms with E-state index in [1.165, 1.54) is 11.3 Å². The first-order valence-electron chi connectivity index (χ1n) is 8.38. The maximum atomic E-state index is 12.0. The van der Waals surface area contributed by atoms with Crippen molar-refractivity contribution in [1.82, 2.24) is 10.2 Å². The molecule has 2 heterocycles. The maximum absolute atomic E-state index is 12.0. The van der Waals surface area contributed by atoms with Crippen LogP contribution in [-0.2, 0) is 11.2 Å². The Bertz CT molecular complexity index is 534. The summed E-state index contributed by atoms with van der Waals surface area (Å²) in [6.07, 6.45) is 2.82. The predicted molar refractivity (Wildman–Crippen MR) is 90.9 cm³/mol. The van der Waals surface area contributed by atoms with E-state index in [2.05, 4.69) is 31.0 Å². The summed E-state index contributed by atoms with van der Waals surface area (Å²) in [5.41, 5.74) is -1.11. The van der Waals surface area contributed by atoms with Crippen LogP contribution in [0.25, 0.3) is 0 Å². The quantitative estimate of drug-likeness (QED) is 0.793. The van der Waals surface area contributed by atoms with Crippen LogP contribution in [0, 0.1) is 11.3 Å². The molecule has 1 aliphatic rings. The van der Waals surface area contributed by atoms with Crippen LogP contribution in [0.2, 0.25) is 0 Å². The van der Waals surface area contributed by atoms with Crippen LogP contribution < -0.4 is 4.90 Å². The monoisotopic (exact) mass is 341 g/mol. The van der Waals surface area contributed by atoms with Crippen LogP contribution in [0.4, 0.5) is 5.13 Å². The minimum atomic E-state index is -1.11. The standard InChI is InChI=1S/C16H27N3O3S/c1-4-5-13-17-18-15(23-13)19-9-7-12(20)16(10-19,14(21)22)8-6-11(2)3/h11-12,20H,4-10H2,1-3H3,(H,21,22)/t12-,16+/m0/s1. The smallest absolute Gasteiger partial charge is 0.314 e. The van der Waals surface area contributed by atoms with Gasteiger partial charge in [-0.05, 0) is 31.6 Å². The molecule has 2 atom stereocenters. The zero-order valence-electron chi connectivity index (χ0n) is 14.2. The lowest BCUT2D eigenvalue weighted by atomic mass is 9.73. The van der Waals surface area contributed by atoms with Crippen LogP contribution in [0.15, 0.2) is 0 Å². The van der Waals surface area contributed by atoms with Crippen LogP contribution in [0.1, 0.15) is 51.5 Å². The highest BCUT2D eigenvalue weighted by molar-refractivity contribution is 7.15. The molecule has 1 aromatic rings. The second-order valence-electron chi connectivity index (χ2n) is 6.85. The van der Waals surface area contributed by atoms with E-state index in [1.54, 1.807) is 0 Å². The van der Waals surface area contributed by atoms with Crippen molar-refractivity contribution in [2.24, 2.45) is 11.3 Å². The number of aliphatic hydroxyl groups is 1. The Labute approximate surface area is 141 Å². The Morgan fingerprint density at radius 3 is 2.83 bits per heavy atom. The molecule has 2 N–H and O–H groups in total. The fraction of sp³-hybridized carbons (Fsp3) is 0.812. The van der Waals surface area contributed by atoms with Gasteiger partial charge in [0.15, 0.2) is 0 Å². The minimum absolute atomic E-state index is 0.303. The van der Waals surface area contributed by atoms with Crippen LogP contribution >= 0.6 is 11.3 Å². The molecule has 23 heavy (non-hydrogen) atoms. The fourth-order valence-corrected chi connectivity index (χ4v) is 4.00. The number of carboxylic acids is 1. The third-order valence-electron chi connectivity index (χ3n) is 4.57. The molecule has 130 valence electrons. The first-order valence-corrected chi connectivity index (χ1v) is 9.19. The maximum Gasteiger partial charge on any atom is 0.314 e. The van der Waals surface area contributed by atoms with Crippen molar-refractivity contribution in [3.05, 3.63) is 5.01 Å². The van der Waals surface area contributed by atoms with Crippen LogP contribution in [0.5, 0.6) is 0 Å². The summed E-state index contributed by atoms with van der Waals surface area (Å²) in [7, 11) is 0. The Hall–Kier alpha value is -1.21. The highest BCUT2D eigenvalue weighted by Crippen LogP contribution is 2.39. The second kappa shape index (κ2) is 7.57. The summed E-state index contributed by atoms with van der Waals surface area (Å²) in [6.45, 7) is 7.17.